The van der Waals surface area contributed by atoms with Crippen molar-refractivity contribution < 1.29 is 26.4 Å². The van der Waals surface area contributed by atoms with Crippen LogP contribution in [-0.4, -0.2) is 54.0 Å². The molecule has 1 saturated heterocycles. The SMILES string of the molecule is Cc1cnc2c(S(=O)(=O)N3CSCC3C(=O)NCC(F)(F)F)cccc2c1. The molecule has 2 heterocycles. The maximum Gasteiger partial charge on any atom is 0.405 e. The Hall–Kier alpha value is -1.85. The largest absolute Gasteiger partial charge is 0.405 e. The number of hydrogen-bond donors (Lipinski definition) is 1. The number of rotatable bonds is 4. The molecule has 0 aliphatic carbocycles. The molecule has 11 heteroatoms. The summed E-state index contributed by atoms with van der Waals surface area (Å²) in [5.74, 6) is -0.903. The number of fused-ring (bicyclic) bond motifs is 1. The molecule has 146 valence electrons. The van der Waals surface area contributed by atoms with Crippen LogP contribution in [0.2, 0.25) is 0 Å². The summed E-state index contributed by atoms with van der Waals surface area (Å²) >= 11 is 1.17. The molecule has 0 spiro atoms. The Morgan fingerprint density at radius 3 is 2.85 bits per heavy atom. The molecule has 1 aromatic carbocycles. The van der Waals surface area contributed by atoms with E-state index >= 15 is 0 Å². The molecule has 1 aliphatic rings. The van der Waals surface area contributed by atoms with Crippen molar-refractivity contribution in [1.82, 2.24) is 14.6 Å². The molecule has 2 aromatic rings. The fourth-order valence-corrected chi connectivity index (χ4v) is 6.07. The molecule has 6 nitrogen and oxygen atoms in total. The zero-order valence-corrected chi connectivity index (χ0v) is 15.8. The molecule has 0 radical (unpaired) electrons. The highest BCUT2D eigenvalue weighted by Gasteiger charge is 2.41. The van der Waals surface area contributed by atoms with Crippen LogP contribution in [0.5, 0.6) is 0 Å². The van der Waals surface area contributed by atoms with Crippen LogP contribution in [0, 0.1) is 6.92 Å². The van der Waals surface area contributed by atoms with Gasteiger partial charge in [-0.15, -0.1) is 11.8 Å². The average molecular weight is 419 g/mol. The Bertz CT molecular complexity index is 980. The number of alkyl halides is 3. The summed E-state index contributed by atoms with van der Waals surface area (Å²) in [6, 6.07) is 5.25. The fourth-order valence-electron chi connectivity index (χ4n) is 2.75. The summed E-state index contributed by atoms with van der Waals surface area (Å²) in [4.78, 5) is 16.3. The number of hydrogen-bond acceptors (Lipinski definition) is 5. The number of sulfonamides is 1. The molecular formula is C16H16F3N3O3S2. The van der Waals surface area contributed by atoms with Crippen LogP contribution in [0.15, 0.2) is 35.4 Å². The van der Waals surface area contributed by atoms with Gasteiger partial charge in [-0.1, -0.05) is 12.1 Å². The van der Waals surface area contributed by atoms with E-state index in [9.17, 15) is 26.4 Å². The van der Waals surface area contributed by atoms with E-state index in [1.165, 1.54) is 24.0 Å². The number of amides is 1. The smallest absolute Gasteiger partial charge is 0.346 e. The Morgan fingerprint density at radius 1 is 1.41 bits per heavy atom. The molecule has 27 heavy (non-hydrogen) atoms. The number of aromatic nitrogens is 1. The third-order valence-electron chi connectivity index (χ3n) is 4.00. The predicted octanol–water partition coefficient (Wildman–Crippen LogP) is 2.29. The van der Waals surface area contributed by atoms with Gasteiger partial charge in [0.15, 0.2) is 0 Å². The second kappa shape index (κ2) is 7.28. The number of aryl methyl sites for hydroxylation is 1. The van der Waals surface area contributed by atoms with Crippen LogP contribution in [-0.2, 0) is 14.8 Å². The highest BCUT2D eigenvalue weighted by atomic mass is 32.2. The minimum Gasteiger partial charge on any atom is -0.346 e. The van der Waals surface area contributed by atoms with Crippen molar-refractivity contribution in [2.24, 2.45) is 0 Å². The molecule has 1 amide bonds. The van der Waals surface area contributed by atoms with E-state index in [0.717, 1.165) is 9.87 Å². The first-order chi connectivity index (χ1) is 12.6. The van der Waals surface area contributed by atoms with Crippen LogP contribution >= 0.6 is 11.8 Å². The van der Waals surface area contributed by atoms with Crippen molar-refractivity contribution >= 4 is 38.6 Å². The Labute approximate surface area is 158 Å². The molecule has 1 aromatic heterocycles. The van der Waals surface area contributed by atoms with E-state index in [1.54, 1.807) is 23.5 Å². The van der Waals surface area contributed by atoms with Gasteiger partial charge in [-0.3, -0.25) is 9.78 Å². The fraction of sp³-hybridized carbons (Fsp3) is 0.375. The van der Waals surface area contributed by atoms with E-state index in [2.05, 4.69) is 4.98 Å². The van der Waals surface area contributed by atoms with Gasteiger partial charge >= 0.3 is 6.18 Å². The highest BCUT2D eigenvalue weighted by molar-refractivity contribution is 8.00. The average Bonchev–Trinajstić information content (AvgIpc) is 3.09. The Kier molecular flexibility index (Phi) is 5.37. The van der Waals surface area contributed by atoms with Gasteiger partial charge in [0.2, 0.25) is 15.9 Å². The summed E-state index contributed by atoms with van der Waals surface area (Å²) in [5, 5.41) is 2.39. The highest BCUT2D eigenvalue weighted by Crippen LogP contribution is 2.31. The second-order valence-corrected chi connectivity index (χ2v) is 8.94. The zero-order chi connectivity index (χ0) is 19.8. The maximum atomic E-state index is 13.1. The lowest BCUT2D eigenvalue weighted by atomic mass is 10.2. The van der Waals surface area contributed by atoms with Gasteiger partial charge in [0, 0.05) is 17.3 Å². The topological polar surface area (TPSA) is 79.4 Å². The van der Waals surface area contributed by atoms with Gasteiger partial charge in [-0.05, 0) is 24.6 Å². The van der Waals surface area contributed by atoms with Gasteiger partial charge in [0.25, 0.3) is 0 Å². The van der Waals surface area contributed by atoms with E-state index < -0.39 is 34.7 Å². The molecule has 0 saturated carbocycles. The number of nitrogens with one attached hydrogen (secondary N) is 1. The lowest BCUT2D eigenvalue weighted by Gasteiger charge is -2.23. The van der Waals surface area contributed by atoms with Gasteiger partial charge in [0.05, 0.1) is 11.4 Å². The van der Waals surface area contributed by atoms with E-state index in [0.29, 0.717) is 5.39 Å². The quantitative estimate of drug-likeness (QED) is 0.823. The molecule has 0 bridgehead atoms. The Morgan fingerprint density at radius 2 is 2.15 bits per heavy atom. The van der Waals surface area contributed by atoms with Crippen LogP contribution in [0.25, 0.3) is 10.9 Å². The maximum absolute atomic E-state index is 13.1. The third kappa shape index (κ3) is 4.19. The second-order valence-electron chi connectivity index (χ2n) is 6.08. The summed E-state index contributed by atoms with van der Waals surface area (Å²) in [5.41, 5.74) is 1.12. The molecule has 1 atom stereocenters. The van der Waals surface area contributed by atoms with Gasteiger partial charge in [-0.2, -0.15) is 17.5 Å². The first kappa shape index (κ1) is 19.9. The molecule has 1 aliphatic heterocycles. The number of para-hydroxylation sites is 1. The number of halogens is 3. The van der Waals surface area contributed by atoms with Crippen LogP contribution in [0.3, 0.4) is 0 Å². The number of pyridine rings is 1. The van der Waals surface area contributed by atoms with Crippen LogP contribution < -0.4 is 5.32 Å². The summed E-state index contributed by atoms with van der Waals surface area (Å²) in [6.07, 6.45) is -3.03. The number of thioether (sulfide) groups is 1. The van der Waals surface area contributed by atoms with Crippen molar-refractivity contribution in [2.75, 3.05) is 18.2 Å². The van der Waals surface area contributed by atoms with E-state index in [-0.39, 0.29) is 22.0 Å². The third-order valence-corrected chi connectivity index (χ3v) is 7.07. The summed E-state index contributed by atoms with van der Waals surface area (Å²) in [7, 11) is -4.12. The van der Waals surface area contributed by atoms with Crippen molar-refractivity contribution in [3.63, 3.8) is 0 Å². The van der Waals surface area contributed by atoms with Crippen molar-refractivity contribution in [2.45, 2.75) is 24.0 Å². The first-order valence-corrected chi connectivity index (χ1v) is 10.5. The van der Waals surface area contributed by atoms with E-state index in [4.69, 9.17) is 0 Å². The van der Waals surface area contributed by atoms with Gasteiger partial charge in [0.1, 0.15) is 17.5 Å². The van der Waals surface area contributed by atoms with Crippen LogP contribution in [0.4, 0.5) is 13.2 Å². The normalized spacial score (nSPS) is 18.7. The number of nitrogens with zero attached hydrogens (tertiary/aromatic N) is 2. The molecule has 1 N–H and O–H groups in total. The van der Waals surface area contributed by atoms with Crippen molar-refractivity contribution in [3.05, 3.63) is 36.0 Å². The van der Waals surface area contributed by atoms with Crippen molar-refractivity contribution in [3.8, 4) is 0 Å². The molecule has 1 unspecified atom stereocenters. The minimum absolute atomic E-state index is 0.0192. The Balaban J connectivity index is 1.93. The summed E-state index contributed by atoms with van der Waals surface area (Å²) in [6.45, 7) is 0.321. The molecule has 1 fully saturated rings. The predicted molar refractivity (Wildman–Crippen MR) is 95.7 cm³/mol. The summed E-state index contributed by atoms with van der Waals surface area (Å²) < 4.78 is 64.2. The number of benzene rings is 1. The van der Waals surface area contributed by atoms with E-state index in [1.807, 2.05) is 6.92 Å². The van der Waals surface area contributed by atoms with Gasteiger partial charge in [-0.25, -0.2) is 8.42 Å². The lowest BCUT2D eigenvalue weighted by molar-refractivity contribution is -0.140. The van der Waals surface area contributed by atoms with Crippen molar-refractivity contribution in [1.29, 1.82) is 0 Å². The number of carbonyl (C=O) groups is 1. The minimum atomic E-state index is -4.57. The van der Waals surface area contributed by atoms with Crippen LogP contribution in [0.1, 0.15) is 5.56 Å². The zero-order valence-electron chi connectivity index (χ0n) is 14.2. The van der Waals surface area contributed by atoms with Gasteiger partial charge < -0.3 is 5.32 Å². The standard InChI is InChI=1S/C16H16F3N3O3S2/c1-10-5-11-3-2-4-13(14(11)20-6-10)27(24,25)22-9-26-7-12(22)15(23)21-8-16(17,18)19/h2-6,12H,7-9H2,1H3,(H,21,23). The first-order valence-electron chi connectivity index (χ1n) is 7.89. The monoisotopic (exact) mass is 419 g/mol. The molecule has 3 rings (SSSR count). The molecular weight excluding hydrogens is 403 g/mol. The number of carbonyl (C=O) groups excluding carboxylic acids is 1. The lowest BCUT2D eigenvalue weighted by Crippen LogP contribution is -2.49.